The maximum Gasteiger partial charge on any atom is 0.326 e. The van der Waals surface area contributed by atoms with Gasteiger partial charge in [0.2, 0.25) is 0 Å². The van der Waals surface area contributed by atoms with Gasteiger partial charge >= 0.3 is 11.9 Å². The summed E-state index contributed by atoms with van der Waals surface area (Å²) in [4.78, 5) is 35.2. The highest BCUT2D eigenvalue weighted by Crippen LogP contribution is 2.96. The van der Waals surface area contributed by atoms with Gasteiger partial charge in [0.25, 0.3) is 0 Å². The highest BCUT2D eigenvalue weighted by Gasteiger charge is 3.01. The Labute approximate surface area is 470 Å². The number of benzene rings is 22. The van der Waals surface area contributed by atoms with E-state index in [1.54, 1.807) is 53.9 Å². The topological polar surface area (TPSA) is 52.6 Å². The van der Waals surface area contributed by atoms with Crippen LogP contribution in [0.3, 0.4) is 0 Å². The summed E-state index contributed by atoms with van der Waals surface area (Å²) in [6.45, 7) is 2.16. The summed E-state index contributed by atoms with van der Waals surface area (Å²) in [7, 11) is 0. The third-order valence-corrected chi connectivity index (χ3v) is 29.2. The fourth-order valence-electron chi connectivity index (χ4n) is 28.7. The van der Waals surface area contributed by atoms with Crippen molar-refractivity contribution in [2.75, 3.05) is 6.61 Å². The van der Waals surface area contributed by atoms with Crippen LogP contribution in [-0.4, -0.2) is 18.5 Å². The molecule has 4 heteroatoms. The van der Waals surface area contributed by atoms with Gasteiger partial charge in [-0.05, 0) is 358 Å². The number of rotatable bonds is 5. The van der Waals surface area contributed by atoms with Crippen molar-refractivity contribution in [3.05, 3.63) is 82.4 Å². The average molecular weight is 1070 g/mol. The molecule has 0 unspecified atom stereocenters. The molecule has 86 heavy (non-hydrogen) atoms. The van der Waals surface area contributed by atoms with Gasteiger partial charge in [-0.1, -0.05) is 54.6 Å². The van der Waals surface area contributed by atoms with E-state index >= 15 is 9.59 Å². The van der Waals surface area contributed by atoms with Crippen LogP contribution in [0.25, 0.3) is 323 Å². The molecule has 5 aliphatic carbocycles. The van der Waals surface area contributed by atoms with Crippen LogP contribution < -0.4 is 0 Å². The second-order valence-corrected chi connectivity index (χ2v) is 29.9. The molecule has 0 radical (unpaired) electrons. The maximum absolute atomic E-state index is 17.8. The SMILES string of the molecule is CCOC(=O)C1(C(=O)OCc2ccc3ccc4cccc5ccc2c3c45)C23c4c5c6c7c8c9c(c%10c%11c2c2c4c4c%12c5c5c6c6c8c8c%13c9c9c%10c%10c%11c%11c2c2c4c4c%12c%12c5c5c6c8c6c8c%13c9c9c%10c%10c%11c2c2c4c4c%12c5c6c5c8c9c%10c2c45)C713. The van der Waals surface area contributed by atoms with Crippen molar-refractivity contribution in [3.8, 4) is 0 Å². The molecule has 32 aromatic rings. The Kier molecular flexibility index (Phi) is 3.24. The molecule has 0 aromatic heterocycles. The first-order valence-corrected chi connectivity index (χ1v) is 31.4. The predicted octanol–water partition coefficient (Wildman–Crippen LogP) is 20.5. The molecule has 1 saturated carbocycles. The van der Waals surface area contributed by atoms with E-state index in [-0.39, 0.29) is 13.2 Å². The van der Waals surface area contributed by atoms with Gasteiger partial charge in [0.05, 0.1) is 17.4 Å². The summed E-state index contributed by atoms with van der Waals surface area (Å²) >= 11 is 0. The Bertz CT molecular complexity index is 8170. The second kappa shape index (κ2) is 8.16. The molecule has 5 aliphatic rings. The van der Waals surface area contributed by atoms with Crippen LogP contribution in [0.2, 0.25) is 0 Å². The standard InChI is InChI=1S/C82H16O4/c1-2-85-78(83)82(79(84)86-12-16-9-8-15-7-6-13-4-3-5-14-10-11-17(16)19(15)18(13)14)80-74-66-58-48-38-30-22-20-21-24-28-26(22)34-42-36(28)46-40-32(24)33-25(21)29-27-23(20)31(30)39-45-35(27)43-37(29)47-41(33)51-50(40)60-54(46)64-56(42)62(52(58)44(34)38)70(74)72(64)76-68(60)69-61(51)55(47)65-57(43)63-53(45)59(49(39)48)67(66)75(80)71(63)73(65)77(69)81(76,80)82/h3-11H,2,12H2,1H3. The minimum Gasteiger partial charge on any atom is -0.465 e. The lowest BCUT2D eigenvalue weighted by Crippen LogP contribution is -2.38. The Morgan fingerprint density at radius 3 is 0.779 bits per heavy atom. The molecule has 37 rings (SSSR count). The summed E-state index contributed by atoms with van der Waals surface area (Å²) in [5, 5.41) is 86.8. The number of carbonyl (C=O) groups excluding carboxylic acids is 2. The van der Waals surface area contributed by atoms with Crippen LogP contribution in [0.4, 0.5) is 0 Å². The van der Waals surface area contributed by atoms with Crippen molar-refractivity contribution in [2.24, 2.45) is 5.41 Å². The first-order valence-electron chi connectivity index (χ1n) is 31.4. The van der Waals surface area contributed by atoms with Crippen LogP contribution in [0, 0.1) is 5.41 Å². The molecule has 1 fully saturated rings. The van der Waals surface area contributed by atoms with Crippen molar-refractivity contribution < 1.29 is 19.1 Å². The molecular weight excluding hydrogens is 1050 g/mol. The van der Waals surface area contributed by atoms with Crippen molar-refractivity contribution in [3.63, 3.8) is 0 Å². The van der Waals surface area contributed by atoms with Gasteiger partial charge in [-0.25, -0.2) is 0 Å². The van der Waals surface area contributed by atoms with Crippen LogP contribution in [0.1, 0.15) is 34.7 Å². The van der Waals surface area contributed by atoms with E-state index in [0.29, 0.717) is 0 Å². The lowest BCUT2D eigenvalue weighted by molar-refractivity contribution is -0.167. The van der Waals surface area contributed by atoms with Crippen LogP contribution in [0.5, 0.6) is 0 Å². The Morgan fingerprint density at radius 1 is 0.267 bits per heavy atom. The van der Waals surface area contributed by atoms with Crippen molar-refractivity contribution in [1.82, 2.24) is 0 Å². The molecule has 0 heterocycles. The number of hydrogen-bond donors (Lipinski definition) is 0. The first-order chi connectivity index (χ1) is 42.7. The van der Waals surface area contributed by atoms with Gasteiger partial charge in [-0.15, -0.1) is 0 Å². The molecule has 0 amide bonds. The second-order valence-electron chi connectivity index (χ2n) is 29.9. The minimum atomic E-state index is -1.79. The highest BCUT2D eigenvalue weighted by molar-refractivity contribution is 6.82. The van der Waals surface area contributed by atoms with E-state index in [9.17, 15) is 0 Å². The Balaban J connectivity index is 0.893. The van der Waals surface area contributed by atoms with E-state index in [1.807, 2.05) is 6.92 Å². The molecule has 4 nitrogen and oxygen atoms in total. The summed E-state index contributed by atoms with van der Waals surface area (Å²) in [5.74, 6) is -0.827. The predicted molar refractivity (Wildman–Crippen MR) is 353 cm³/mol. The molecule has 0 saturated heterocycles. The van der Waals surface area contributed by atoms with Crippen molar-refractivity contribution in [1.29, 1.82) is 0 Å². The summed E-state index contributed by atoms with van der Waals surface area (Å²) in [6, 6.07) is 19.9. The van der Waals surface area contributed by atoms with Crippen molar-refractivity contribution in [2.45, 2.75) is 24.4 Å². The molecule has 0 aliphatic heterocycles. The number of ether oxygens (including phenoxy) is 2. The normalized spacial score (nSPS) is 22.1. The first kappa shape index (κ1) is 34.2. The van der Waals surface area contributed by atoms with E-state index in [1.165, 1.54) is 286 Å². The van der Waals surface area contributed by atoms with Gasteiger partial charge in [-0.2, -0.15) is 0 Å². The molecular formula is C82H16O4. The largest absolute Gasteiger partial charge is 0.465 e. The van der Waals surface area contributed by atoms with Crippen LogP contribution >= 0.6 is 0 Å². The Morgan fingerprint density at radius 2 is 0.500 bits per heavy atom. The maximum atomic E-state index is 17.8. The van der Waals surface area contributed by atoms with Gasteiger partial charge in [0.15, 0.2) is 5.41 Å². The third-order valence-electron chi connectivity index (χ3n) is 29.2. The smallest absolute Gasteiger partial charge is 0.326 e. The monoisotopic (exact) mass is 1060 g/mol. The zero-order valence-corrected chi connectivity index (χ0v) is 44.2. The molecule has 0 bridgehead atoms. The fraction of sp³-hybridized carbons (Fsp3) is 0.0732. The third kappa shape index (κ3) is 1.95. The van der Waals surface area contributed by atoms with Crippen LogP contribution in [-0.2, 0) is 36.5 Å². The number of esters is 2. The Hall–Kier alpha value is -10.7. The van der Waals surface area contributed by atoms with E-state index in [2.05, 4.69) is 54.6 Å². The summed E-state index contributed by atoms with van der Waals surface area (Å²) in [6.07, 6.45) is 0. The molecule has 32 aromatic carbocycles. The quantitative estimate of drug-likeness (QED) is 0.0979. The molecule has 2 spiro atoms. The molecule has 0 N–H and O–H groups in total. The summed E-state index contributed by atoms with van der Waals surface area (Å²) in [5.41, 5.74) is 1.94. The lowest BCUT2D eigenvalue weighted by Gasteiger charge is -2.32. The fourth-order valence-corrected chi connectivity index (χ4v) is 28.7. The van der Waals surface area contributed by atoms with E-state index < -0.39 is 28.2 Å². The number of carbonyl (C=O) groups is 2. The van der Waals surface area contributed by atoms with Gasteiger partial charge in [0.1, 0.15) is 6.61 Å². The zero-order valence-electron chi connectivity index (χ0n) is 44.2. The van der Waals surface area contributed by atoms with E-state index in [0.717, 1.165) is 10.9 Å². The summed E-state index contributed by atoms with van der Waals surface area (Å²) < 4.78 is 14.3. The van der Waals surface area contributed by atoms with Gasteiger partial charge in [-0.3, -0.25) is 9.59 Å². The van der Waals surface area contributed by atoms with Crippen LogP contribution in [0.15, 0.2) is 54.6 Å². The van der Waals surface area contributed by atoms with Crippen molar-refractivity contribution >= 4 is 335 Å². The lowest BCUT2D eigenvalue weighted by atomic mass is 9.68. The number of hydrogen-bond acceptors (Lipinski definition) is 4. The van der Waals surface area contributed by atoms with Gasteiger partial charge in [0, 0.05) is 0 Å². The average Bonchev–Trinajstić information content (AvgIpc) is 1.36. The zero-order chi connectivity index (χ0) is 52.4. The van der Waals surface area contributed by atoms with Gasteiger partial charge < -0.3 is 9.47 Å². The molecule has 368 valence electrons. The minimum absolute atomic E-state index is 0.0409. The highest BCUT2D eigenvalue weighted by atomic mass is 16.6. The molecule has 0 atom stereocenters. The van der Waals surface area contributed by atoms with E-state index in [4.69, 9.17) is 9.47 Å².